The van der Waals surface area contributed by atoms with Crippen LogP contribution < -0.4 is 0 Å². The van der Waals surface area contributed by atoms with E-state index in [1.807, 2.05) is 0 Å². The average molecular weight is 309 g/mol. The van der Waals surface area contributed by atoms with Gasteiger partial charge in [-0.2, -0.15) is 0 Å². The van der Waals surface area contributed by atoms with Crippen molar-refractivity contribution in [1.82, 2.24) is 0 Å². The van der Waals surface area contributed by atoms with Crippen molar-refractivity contribution < 1.29 is 0 Å². The van der Waals surface area contributed by atoms with E-state index in [0.717, 1.165) is 52.9 Å². The van der Waals surface area contributed by atoms with E-state index in [4.69, 9.17) is 0 Å². The molecule has 0 spiro atoms. The Morgan fingerprint density at radius 3 is 1.38 bits per heavy atom. The van der Waals surface area contributed by atoms with Crippen LogP contribution in [0.3, 0.4) is 0 Å². The molecule has 2 aliphatic carbocycles. The molecule has 0 heterocycles. The van der Waals surface area contributed by atoms with Gasteiger partial charge in [0.15, 0.2) is 0 Å². The lowest BCUT2D eigenvalue weighted by Crippen LogP contribution is -2.47. The highest BCUT2D eigenvalue weighted by atomic mass is 28.3. The van der Waals surface area contributed by atoms with Crippen LogP contribution in [-0.4, -0.2) is 8.07 Å². The Labute approximate surface area is 135 Å². The normalized spacial score (nSPS) is 51.0. The summed E-state index contributed by atoms with van der Waals surface area (Å²) in [6, 6.07) is 2.97. The first-order chi connectivity index (χ1) is 9.71. The molecule has 0 aliphatic heterocycles. The molecule has 0 aromatic rings. The second-order valence-electron chi connectivity index (χ2n) is 9.20. The fourth-order valence-electron chi connectivity index (χ4n) is 6.60. The molecule has 0 bridgehead atoms. The van der Waals surface area contributed by atoms with Crippen LogP contribution in [0.5, 0.6) is 0 Å². The molecule has 2 aliphatic rings. The highest BCUT2D eigenvalue weighted by molar-refractivity contribution is 6.80. The van der Waals surface area contributed by atoms with E-state index in [-0.39, 0.29) is 0 Å². The summed E-state index contributed by atoms with van der Waals surface area (Å²) in [5.74, 6) is 7.60. The fourth-order valence-corrected chi connectivity index (χ4v) is 11.1. The van der Waals surface area contributed by atoms with Crippen LogP contribution in [0.15, 0.2) is 0 Å². The molecule has 8 unspecified atom stereocenters. The summed E-state index contributed by atoms with van der Waals surface area (Å²) in [7, 11) is -1.10. The molecular weight excluding hydrogens is 268 g/mol. The number of hydrogen-bond donors (Lipinski definition) is 0. The van der Waals surface area contributed by atoms with E-state index < -0.39 is 8.07 Å². The molecule has 0 aromatic heterocycles. The molecule has 0 amide bonds. The van der Waals surface area contributed by atoms with Gasteiger partial charge in [0.2, 0.25) is 0 Å². The van der Waals surface area contributed by atoms with Crippen molar-refractivity contribution in [3.8, 4) is 0 Å². The highest BCUT2D eigenvalue weighted by Gasteiger charge is 2.59. The summed E-state index contributed by atoms with van der Waals surface area (Å²) in [5.41, 5.74) is 1.07. The van der Waals surface area contributed by atoms with Gasteiger partial charge in [0, 0.05) is 0 Å². The van der Waals surface area contributed by atoms with Crippen LogP contribution in [0, 0.1) is 47.3 Å². The van der Waals surface area contributed by atoms with Gasteiger partial charge in [-0.15, -0.1) is 0 Å². The standard InChI is InChI=1S/C20H40Si/c1-10-21(9,11-2)20-17(8)16(7)18-14(5)12(3)13(4)15(6)19(18)20/h12-20H,10-11H2,1-9H3/t12?,13?,14?,15?,16?,17-,18?,19?,20?/m0/s1. The third-order valence-electron chi connectivity index (χ3n) is 8.98. The van der Waals surface area contributed by atoms with Gasteiger partial charge in [0.1, 0.15) is 0 Å². The second kappa shape index (κ2) is 6.02. The topological polar surface area (TPSA) is 0 Å². The number of hydrogen-bond acceptors (Lipinski definition) is 0. The summed E-state index contributed by atoms with van der Waals surface area (Å²) in [4.78, 5) is 0. The molecule has 0 aromatic carbocycles. The molecule has 1 heteroatoms. The quantitative estimate of drug-likeness (QED) is 0.518. The first kappa shape index (κ1) is 17.6. The number of fused-ring (bicyclic) bond motifs is 1. The van der Waals surface area contributed by atoms with E-state index in [0.29, 0.717) is 0 Å². The highest BCUT2D eigenvalue weighted by Crippen LogP contribution is 2.64. The smallest absolute Gasteiger partial charge is 0.0536 e. The first-order valence-corrected chi connectivity index (χ1v) is 12.7. The van der Waals surface area contributed by atoms with Crippen molar-refractivity contribution in [2.75, 3.05) is 0 Å². The van der Waals surface area contributed by atoms with Crippen LogP contribution in [0.25, 0.3) is 0 Å². The van der Waals surface area contributed by atoms with Crippen LogP contribution >= 0.6 is 0 Å². The van der Waals surface area contributed by atoms with Gasteiger partial charge in [-0.05, 0) is 52.9 Å². The predicted molar refractivity (Wildman–Crippen MR) is 98.3 cm³/mol. The molecule has 0 saturated heterocycles. The minimum absolute atomic E-state index is 0.908. The monoisotopic (exact) mass is 308 g/mol. The third kappa shape index (κ3) is 2.46. The van der Waals surface area contributed by atoms with Gasteiger partial charge < -0.3 is 0 Å². The molecule has 2 saturated carbocycles. The van der Waals surface area contributed by atoms with Gasteiger partial charge in [0.25, 0.3) is 0 Å². The summed E-state index contributed by atoms with van der Waals surface area (Å²) in [6.07, 6.45) is 0. The molecule has 0 N–H and O–H groups in total. The Kier molecular flexibility index (Phi) is 5.04. The summed E-state index contributed by atoms with van der Waals surface area (Å²) < 4.78 is 0. The zero-order chi connectivity index (χ0) is 16.1. The molecular formula is C20H40Si. The maximum absolute atomic E-state index is 2.73. The molecule has 21 heavy (non-hydrogen) atoms. The van der Waals surface area contributed by atoms with E-state index in [2.05, 4.69) is 61.9 Å². The Morgan fingerprint density at radius 2 is 0.952 bits per heavy atom. The van der Waals surface area contributed by atoms with Gasteiger partial charge in [-0.3, -0.25) is 0 Å². The van der Waals surface area contributed by atoms with E-state index in [9.17, 15) is 0 Å². The third-order valence-corrected chi connectivity index (χ3v) is 14.7. The van der Waals surface area contributed by atoms with Crippen molar-refractivity contribution in [2.24, 2.45) is 47.3 Å². The minimum Gasteiger partial charge on any atom is -0.0689 e. The second-order valence-corrected chi connectivity index (χ2v) is 14.6. The summed E-state index contributed by atoms with van der Waals surface area (Å²) in [5, 5.41) is 0. The SMILES string of the molecule is CC[Si](C)(CC)C1C2C(C)C(C)C(C)C(C)C2C(C)[C@@H]1C. The van der Waals surface area contributed by atoms with E-state index >= 15 is 0 Å². The Hall–Kier alpha value is 0.217. The van der Waals surface area contributed by atoms with Gasteiger partial charge in [-0.1, -0.05) is 74.0 Å². The molecule has 2 rings (SSSR count). The van der Waals surface area contributed by atoms with Crippen LogP contribution in [0.2, 0.25) is 24.2 Å². The van der Waals surface area contributed by atoms with Crippen LogP contribution in [0.1, 0.15) is 55.4 Å². The summed E-state index contributed by atoms with van der Waals surface area (Å²) in [6.45, 7) is 23.2. The molecule has 0 nitrogen and oxygen atoms in total. The number of rotatable bonds is 3. The largest absolute Gasteiger partial charge is 0.0689 e. The molecule has 9 atom stereocenters. The van der Waals surface area contributed by atoms with Crippen LogP contribution in [0.4, 0.5) is 0 Å². The van der Waals surface area contributed by atoms with Crippen molar-refractivity contribution in [1.29, 1.82) is 0 Å². The maximum Gasteiger partial charge on any atom is 0.0536 e. The molecule has 0 radical (unpaired) electrons. The minimum atomic E-state index is -1.10. The Balaban J connectivity index is 2.45. The average Bonchev–Trinajstić information content (AvgIpc) is 2.75. The summed E-state index contributed by atoms with van der Waals surface area (Å²) >= 11 is 0. The van der Waals surface area contributed by atoms with Gasteiger partial charge >= 0.3 is 0 Å². The van der Waals surface area contributed by atoms with Crippen molar-refractivity contribution in [2.45, 2.75) is 79.6 Å². The van der Waals surface area contributed by atoms with E-state index in [1.54, 1.807) is 0 Å². The maximum atomic E-state index is 2.73. The zero-order valence-corrected chi connectivity index (χ0v) is 17.1. The first-order valence-electron chi connectivity index (χ1n) is 9.71. The lowest BCUT2D eigenvalue weighted by Gasteiger charge is -2.50. The van der Waals surface area contributed by atoms with Gasteiger partial charge in [0.05, 0.1) is 8.07 Å². The van der Waals surface area contributed by atoms with Crippen molar-refractivity contribution in [3.05, 3.63) is 0 Å². The molecule has 2 fully saturated rings. The van der Waals surface area contributed by atoms with Crippen molar-refractivity contribution in [3.63, 3.8) is 0 Å². The van der Waals surface area contributed by atoms with Crippen molar-refractivity contribution >= 4 is 8.07 Å². The lowest BCUT2D eigenvalue weighted by atomic mass is 9.58. The predicted octanol–water partition coefficient (Wildman–Crippen LogP) is 6.55. The molecule has 124 valence electrons. The Morgan fingerprint density at radius 1 is 0.571 bits per heavy atom. The Bertz CT molecular complexity index is 359. The fraction of sp³-hybridized carbons (Fsp3) is 1.00. The zero-order valence-electron chi connectivity index (χ0n) is 16.1. The van der Waals surface area contributed by atoms with E-state index in [1.165, 1.54) is 12.1 Å². The van der Waals surface area contributed by atoms with Crippen LogP contribution in [-0.2, 0) is 0 Å². The van der Waals surface area contributed by atoms with Gasteiger partial charge in [-0.25, -0.2) is 0 Å². The lowest BCUT2D eigenvalue weighted by molar-refractivity contribution is 0.0136.